The Morgan fingerprint density at radius 1 is 0.636 bits per heavy atom. The number of nitrogens with zero attached hydrogens (tertiary/aromatic N) is 4. The van der Waals surface area contributed by atoms with Gasteiger partial charge < -0.3 is 0 Å². The molecule has 4 heteroatoms. The van der Waals surface area contributed by atoms with Crippen molar-refractivity contribution in [1.82, 2.24) is 14.5 Å². The van der Waals surface area contributed by atoms with Gasteiger partial charge in [0.05, 0.1) is 16.6 Å². The Morgan fingerprint density at radius 3 is 2.25 bits per heavy atom. The first kappa shape index (κ1) is 24.8. The summed E-state index contributed by atoms with van der Waals surface area (Å²) >= 11 is 0. The SMILES string of the molecule is CC1(C)c2ccccc2-c2cccc(-c3ccc4c(c3)c3c5ccccc5ccc3n4-c3nc(C#N)c4ccccc4n3)c21. The second kappa shape index (κ2) is 8.86. The minimum absolute atomic E-state index is 0.120. The molecule has 0 bridgehead atoms. The van der Waals surface area contributed by atoms with Gasteiger partial charge >= 0.3 is 0 Å². The van der Waals surface area contributed by atoms with Crippen LogP contribution >= 0.6 is 0 Å². The average Bonchev–Trinajstić information content (AvgIpc) is 3.53. The molecule has 9 rings (SSSR count). The molecular weight excluding hydrogens is 536 g/mol. The van der Waals surface area contributed by atoms with E-state index < -0.39 is 0 Å². The van der Waals surface area contributed by atoms with Crippen LogP contribution in [0.2, 0.25) is 0 Å². The van der Waals surface area contributed by atoms with Gasteiger partial charge in [0.25, 0.3) is 0 Å². The summed E-state index contributed by atoms with van der Waals surface area (Å²) in [6, 6.07) is 45.1. The molecule has 2 aromatic heterocycles. The lowest BCUT2D eigenvalue weighted by molar-refractivity contribution is 0.662. The molecule has 44 heavy (non-hydrogen) atoms. The summed E-state index contributed by atoms with van der Waals surface area (Å²) < 4.78 is 2.11. The molecule has 0 N–H and O–H groups in total. The third-order valence-electron chi connectivity index (χ3n) is 9.44. The Hall–Kier alpha value is -5.79. The number of fused-ring (bicyclic) bond motifs is 9. The Balaban J connectivity index is 1.37. The van der Waals surface area contributed by atoms with Crippen LogP contribution in [0.1, 0.15) is 30.7 Å². The topological polar surface area (TPSA) is 54.5 Å². The predicted molar refractivity (Wildman–Crippen MR) is 179 cm³/mol. The fourth-order valence-electron chi connectivity index (χ4n) is 7.51. The van der Waals surface area contributed by atoms with Gasteiger partial charge in [0, 0.05) is 21.6 Å². The van der Waals surface area contributed by atoms with Gasteiger partial charge in [0.15, 0.2) is 5.69 Å². The summed E-state index contributed by atoms with van der Waals surface area (Å²) in [6.07, 6.45) is 0. The summed E-state index contributed by atoms with van der Waals surface area (Å²) in [5, 5.41) is 15.4. The van der Waals surface area contributed by atoms with E-state index in [4.69, 9.17) is 9.97 Å². The van der Waals surface area contributed by atoms with E-state index in [-0.39, 0.29) is 5.41 Å². The van der Waals surface area contributed by atoms with E-state index in [1.165, 1.54) is 44.2 Å². The molecule has 4 nitrogen and oxygen atoms in total. The maximum atomic E-state index is 10.0. The van der Waals surface area contributed by atoms with E-state index in [0.29, 0.717) is 11.6 Å². The molecule has 0 saturated heterocycles. The van der Waals surface area contributed by atoms with Crippen LogP contribution in [-0.4, -0.2) is 14.5 Å². The third kappa shape index (κ3) is 3.27. The lowest BCUT2D eigenvalue weighted by Gasteiger charge is -2.24. The Labute approximate surface area is 254 Å². The first-order valence-electron chi connectivity index (χ1n) is 14.9. The Kier molecular flexibility index (Phi) is 4.99. The van der Waals surface area contributed by atoms with Gasteiger partial charge in [-0.2, -0.15) is 5.26 Å². The number of hydrogen-bond donors (Lipinski definition) is 0. The zero-order valence-electron chi connectivity index (χ0n) is 24.3. The zero-order chi connectivity index (χ0) is 29.6. The molecule has 2 heterocycles. The molecule has 206 valence electrons. The molecule has 1 aliphatic rings. The second-order valence-electron chi connectivity index (χ2n) is 12.1. The lowest BCUT2D eigenvalue weighted by atomic mass is 9.79. The van der Waals surface area contributed by atoms with Gasteiger partial charge in [-0.1, -0.05) is 105 Å². The average molecular weight is 563 g/mol. The highest BCUT2D eigenvalue weighted by Crippen LogP contribution is 2.52. The minimum atomic E-state index is -0.120. The van der Waals surface area contributed by atoms with Gasteiger partial charge in [-0.05, 0) is 74.5 Å². The smallest absolute Gasteiger partial charge is 0.236 e. The standard InChI is InChI=1S/C40H26N4/c1-40(2)32-16-7-5-12-28(32)29-15-9-14-27(38(29)40)25-19-20-35-31(22-25)37-26-11-4-3-10-24(26)18-21-36(37)44(35)39-42-33-17-8-6-13-30(33)34(23-41)43-39/h3-22H,1-2H3. The van der Waals surface area contributed by atoms with Gasteiger partial charge in [0.1, 0.15) is 6.07 Å². The number of hydrogen-bond acceptors (Lipinski definition) is 3. The molecule has 8 aromatic rings. The third-order valence-corrected chi connectivity index (χ3v) is 9.44. The highest BCUT2D eigenvalue weighted by Gasteiger charge is 2.37. The molecule has 0 atom stereocenters. The maximum absolute atomic E-state index is 10.0. The summed E-state index contributed by atoms with van der Waals surface area (Å²) in [5.41, 5.74) is 10.8. The molecule has 0 unspecified atom stereocenters. The predicted octanol–water partition coefficient (Wildman–Crippen LogP) is 9.73. The number of rotatable bonds is 2. The molecule has 0 amide bonds. The molecule has 0 fully saturated rings. The summed E-state index contributed by atoms with van der Waals surface area (Å²) in [5.74, 6) is 0.500. The van der Waals surface area contributed by atoms with Crippen LogP contribution in [0.3, 0.4) is 0 Å². The van der Waals surface area contributed by atoms with Crippen LogP contribution < -0.4 is 0 Å². The number of para-hydroxylation sites is 1. The van der Waals surface area contributed by atoms with Crippen molar-refractivity contribution in [2.45, 2.75) is 19.3 Å². The fraction of sp³-hybridized carbons (Fsp3) is 0.0750. The van der Waals surface area contributed by atoms with Crippen LogP contribution in [0.4, 0.5) is 0 Å². The van der Waals surface area contributed by atoms with Gasteiger partial charge in [-0.3, -0.25) is 4.57 Å². The van der Waals surface area contributed by atoms with Crippen LogP contribution in [0.15, 0.2) is 121 Å². The van der Waals surface area contributed by atoms with Crippen LogP contribution in [0, 0.1) is 11.3 Å². The van der Waals surface area contributed by atoms with Crippen molar-refractivity contribution < 1.29 is 0 Å². The van der Waals surface area contributed by atoms with E-state index in [2.05, 4.69) is 122 Å². The quantitative estimate of drug-likeness (QED) is 0.211. The normalized spacial score (nSPS) is 13.4. The Bertz CT molecular complexity index is 2550. The summed E-state index contributed by atoms with van der Waals surface area (Å²) in [7, 11) is 0. The molecule has 0 saturated carbocycles. The van der Waals surface area contributed by atoms with Crippen molar-refractivity contribution in [1.29, 1.82) is 5.26 Å². The first-order chi connectivity index (χ1) is 21.5. The lowest BCUT2D eigenvalue weighted by Crippen LogP contribution is -2.16. The van der Waals surface area contributed by atoms with Crippen LogP contribution in [0.5, 0.6) is 0 Å². The summed E-state index contributed by atoms with van der Waals surface area (Å²) in [4.78, 5) is 9.78. The molecule has 6 aromatic carbocycles. The van der Waals surface area contributed by atoms with E-state index in [9.17, 15) is 5.26 Å². The van der Waals surface area contributed by atoms with Crippen LogP contribution in [-0.2, 0) is 5.41 Å². The maximum Gasteiger partial charge on any atom is 0.236 e. The van der Waals surface area contributed by atoms with E-state index in [0.717, 1.165) is 32.7 Å². The number of benzene rings is 6. The molecule has 1 aliphatic carbocycles. The van der Waals surface area contributed by atoms with Crippen molar-refractivity contribution in [2.24, 2.45) is 0 Å². The molecular formula is C40H26N4. The highest BCUT2D eigenvalue weighted by molar-refractivity contribution is 6.21. The van der Waals surface area contributed by atoms with Crippen molar-refractivity contribution in [3.05, 3.63) is 138 Å². The van der Waals surface area contributed by atoms with Crippen molar-refractivity contribution in [3.63, 3.8) is 0 Å². The number of aromatic nitrogens is 3. The largest absolute Gasteiger partial charge is 0.278 e. The molecule has 0 radical (unpaired) electrons. The van der Waals surface area contributed by atoms with Gasteiger partial charge in [0.2, 0.25) is 5.95 Å². The van der Waals surface area contributed by atoms with Crippen molar-refractivity contribution >= 4 is 43.5 Å². The second-order valence-corrected chi connectivity index (χ2v) is 12.1. The number of nitriles is 1. The van der Waals surface area contributed by atoms with Crippen molar-refractivity contribution in [3.8, 4) is 34.3 Å². The molecule has 0 aliphatic heterocycles. The summed E-state index contributed by atoms with van der Waals surface area (Å²) in [6.45, 7) is 4.67. The zero-order valence-corrected chi connectivity index (χ0v) is 24.3. The van der Waals surface area contributed by atoms with Gasteiger partial charge in [-0.25, -0.2) is 9.97 Å². The van der Waals surface area contributed by atoms with E-state index in [1.54, 1.807) is 0 Å². The fourth-order valence-corrected chi connectivity index (χ4v) is 7.51. The highest BCUT2D eigenvalue weighted by atomic mass is 15.2. The molecule has 0 spiro atoms. The van der Waals surface area contributed by atoms with Crippen LogP contribution in [0.25, 0.3) is 71.7 Å². The first-order valence-corrected chi connectivity index (χ1v) is 14.9. The van der Waals surface area contributed by atoms with Gasteiger partial charge in [-0.15, -0.1) is 0 Å². The minimum Gasteiger partial charge on any atom is -0.278 e. The van der Waals surface area contributed by atoms with E-state index >= 15 is 0 Å². The Morgan fingerprint density at radius 2 is 1.36 bits per heavy atom. The van der Waals surface area contributed by atoms with E-state index in [1.807, 2.05) is 24.3 Å². The van der Waals surface area contributed by atoms with Crippen molar-refractivity contribution in [2.75, 3.05) is 0 Å². The monoisotopic (exact) mass is 562 g/mol.